The van der Waals surface area contributed by atoms with Gasteiger partial charge in [-0.3, -0.25) is 10.1 Å². The summed E-state index contributed by atoms with van der Waals surface area (Å²) in [6.45, 7) is 4.48. The Morgan fingerprint density at radius 3 is 2.63 bits per heavy atom. The molecule has 144 valence electrons. The van der Waals surface area contributed by atoms with Gasteiger partial charge in [-0.2, -0.15) is 4.98 Å². The summed E-state index contributed by atoms with van der Waals surface area (Å²) in [6, 6.07) is 8.08. The number of aromatic nitrogens is 2. The van der Waals surface area contributed by atoms with E-state index < -0.39 is 4.92 Å². The molecule has 0 bridgehead atoms. The quantitative estimate of drug-likeness (QED) is 0.560. The minimum atomic E-state index is -0.598. The number of nitrogen functional groups attached to an aromatic ring is 1. The van der Waals surface area contributed by atoms with Crippen LogP contribution in [0, 0.1) is 10.1 Å². The molecule has 2 heterocycles. The van der Waals surface area contributed by atoms with E-state index in [2.05, 4.69) is 27.4 Å². The normalized spacial score (nSPS) is 15.9. The third-order valence-electron chi connectivity index (χ3n) is 4.81. The highest BCUT2D eigenvalue weighted by molar-refractivity contribution is 5.53. The third kappa shape index (κ3) is 4.25. The van der Waals surface area contributed by atoms with Crippen LogP contribution in [-0.2, 0) is 10.2 Å². The molecule has 0 unspecified atom stereocenters. The lowest BCUT2D eigenvalue weighted by molar-refractivity contribution is -0.384. The van der Waals surface area contributed by atoms with Gasteiger partial charge in [-0.1, -0.05) is 12.1 Å². The van der Waals surface area contributed by atoms with E-state index in [9.17, 15) is 10.1 Å². The monoisotopic (exact) mass is 373 g/mol. The van der Waals surface area contributed by atoms with Gasteiger partial charge in [0.25, 0.3) is 0 Å². The van der Waals surface area contributed by atoms with Gasteiger partial charge in [0.05, 0.1) is 11.5 Å². The van der Waals surface area contributed by atoms with Crippen molar-refractivity contribution in [1.29, 1.82) is 0 Å². The molecule has 1 aliphatic rings. The van der Waals surface area contributed by atoms with Crippen LogP contribution in [0.15, 0.2) is 30.5 Å². The number of nitrogens with zero attached hydrogens (tertiary/aromatic N) is 3. The fourth-order valence-electron chi connectivity index (χ4n) is 3.26. The maximum absolute atomic E-state index is 10.8. The van der Waals surface area contributed by atoms with Crippen LogP contribution in [0.3, 0.4) is 0 Å². The Hall–Kier alpha value is -2.94. The molecule has 3 rings (SSSR count). The van der Waals surface area contributed by atoms with E-state index >= 15 is 0 Å². The van der Waals surface area contributed by atoms with E-state index in [-0.39, 0.29) is 22.9 Å². The van der Waals surface area contributed by atoms with Crippen LogP contribution in [-0.4, -0.2) is 41.3 Å². The number of nitrogens with two attached hydrogens (primary N) is 1. The smallest absolute Gasteiger partial charge is 0.329 e. The van der Waals surface area contributed by atoms with Crippen molar-refractivity contribution in [3.8, 4) is 5.75 Å². The summed E-state index contributed by atoms with van der Waals surface area (Å²) in [4.78, 5) is 18.3. The number of nitrogens with one attached hydrogen (secondary N) is 1. The van der Waals surface area contributed by atoms with Gasteiger partial charge in [0.1, 0.15) is 11.9 Å². The van der Waals surface area contributed by atoms with Crippen molar-refractivity contribution in [2.24, 2.45) is 0 Å². The van der Waals surface area contributed by atoms with Crippen molar-refractivity contribution in [2.45, 2.75) is 25.2 Å². The Labute approximate surface area is 157 Å². The topological polar surface area (TPSA) is 125 Å². The molecular weight excluding hydrogens is 350 g/mol. The molecule has 1 aliphatic heterocycles. The third-order valence-corrected chi connectivity index (χ3v) is 4.81. The molecule has 1 aromatic carbocycles. The second-order valence-corrected chi connectivity index (χ2v) is 6.42. The standard InChI is InChI=1S/C18H23N5O4/c1-2-27-14-5-3-13(4-6-14)18(7-9-26-10-8-18)12-21-17-20-11-15(23(24)25)16(19)22-17/h3-6,11H,2,7-10,12H2,1H3,(H3,19,20,21,22). The molecule has 0 radical (unpaired) electrons. The SMILES string of the molecule is CCOc1ccc(C2(CNc3ncc([N+](=O)[O-])c(N)n3)CCOCC2)cc1. The summed E-state index contributed by atoms with van der Waals surface area (Å²) in [5, 5.41) is 14.0. The predicted molar refractivity (Wildman–Crippen MR) is 101 cm³/mol. The van der Waals surface area contributed by atoms with Crippen LogP contribution < -0.4 is 15.8 Å². The summed E-state index contributed by atoms with van der Waals surface area (Å²) in [7, 11) is 0. The molecule has 2 aromatic rings. The first-order chi connectivity index (χ1) is 13.0. The molecule has 9 heteroatoms. The molecular formula is C18H23N5O4. The zero-order chi connectivity index (χ0) is 19.3. The first-order valence-electron chi connectivity index (χ1n) is 8.86. The number of anilines is 2. The molecule has 1 saturated heterocycles. The van der Waals surface area contributed by atoms with Crippen molar-refractivity contribution in [1.82, 2.24) is 9.97 Å². The van der Waals surface area contributed by atoms with Gasteiger partial charge in [-0.15, -0.1) is 0 Å². The Kier molecular flexibility index (Phi) is 5.70. The lowest BCUT2D eigenvalue weighted by atomic mass is 9.74. The van der Waals surface area contributed by atoms with Crippen molar-refractivity contribution < 1.29 is 14.4 Å². The van der Waals surface area contributed by atoms with Crippen LogP contribution in [0.5, 0.6) is 5.75 Å². The number of hydrogen-bond acceptors (Lipinski definition) is 8. The largest absolute Gasteiger partial charge is 0.494 e. The highest BCUT2D eigenvalue weighted by Crippen LogP contribution is 2.36. The van der Waals surface area contributed by atoms with Crippen molar-refractivity contribution in [3.63, 3.8) is 0 Å². The molecule has 0 atom stereocenters. The van der Waals surface area contributed by atoms with Crippen molar-refractivity contribution in [2.75, 3.05) is 37.4 Å². The van der Waals surface area contributed by atoms with Gasteiger partial charge in [-0.25, -0.2) is 4.98 Å². The first kappa shape index (κ1) is 18.8. The summed E-state index contributed by atoms with van der Waals surface area (Å²) < 4.78 is 11.1. The fraction of sp³-hybridized carbons (Fsp3) is 0.444. The maximum Gasteiger partial charge on any atom is 0.329 e. The molecule has 1 aromatic heterocycles. The van der Waals surface area contributed by atoms with Gasteiger partial charge >= 0.3 is 5.69 Å². The lowest BCUT2D eigenvalue weighted by Crippen LogP contribution is -2.40. The highest BCUT2D eigenvalue weighted by Gasteiger charge is 2.34. The Morgan fingerprint density at radius 1 is 1.33 bits per heavy atom. The van der Waals surface area contributed by atoms with E-state index in [0.29, 0.717) is 26.4 Å². The second kappa shape index (κ2) is 8.17. The van der Waals surface area contributed by atoms with Crippen LogP contribution >= 0.6 is 0 Å². The van der Waals surface area contributed by atoms with E-state index in [1.165, 1.54) is 5.56 Å². The molecule has 27 heavy (non-hydrogen) atoms. The molecule has 1 fully saturated rings. The van der Waals surface area contributed by atoms with Gasteiger partial charge in [0.2, 0.25) is 11.8 Å². The summed E-state index contributed by atoms with van der Waals surface area (Å²) >= 11 is 0. The average molecular weight is 373 g/mol. The Bertz CT molecular complexity index is 791. The first-order valence-corrected chi connectivity index (χ1v) is 8.86. The average Bonchev–Trinajstić information content (AvgIpc) is 2.68. The van der Waals surface area contributed by atoms with Crippen molar-refractivity contribution in [3.05, 3.63) is 46.1 Å². The van der Waals surface area contributed by atoms with E-state index in [1.807, 2.05) is 19.1 Å². The number of nitro groups is 1. The molecule has 0 amide bonds. The van der Waals surface area contributed by atoms with Crippen molar-refractivity contribution >= 4 is 17.5 Å². The summed E-state index contributed by atoms with van der Waals surface area (Å²) in [5.41, 5.74) is 6.38. The number of benzene rings is 1. The Morgan fingerprint density at radius 2 is 2.04 bits per heavy atom. The number of ether oxygens (including phenoxy) is 2. The number of hydrogen-bond donors (Lipinski definition) is 2. The molecule has 0 spiro atoms. The van der Waals surface area contributed by atoms with Crippen LogP contribution in [0.4, 0.5) is 17.5 Å². The molecule has 0 aliphatic carbocycles. The Balaban J connectivity index is 1.79. The summed E-state index contributed by atoms with van der Waals surface area (Å²) in [5.74, 6) is 0.956. The minimum Gasteiger partial charge on any atom is -0.494 e. The fourth-order valence-corrected chi connectivity index (χ4v) is 3.26. The van der Waals surface area contributed by atoms with E-state index in [4.69, 9.17) is 15.2 Å². The highest BCUT2D eigenvalue weighted by atomic mass is 16.6. The molecule has 0 saturated carbocycles. The summed E-state index contributed by atoms with van der Waals surface area (Å²) in [6.07, 6.45) is 2.81. The molecule has 9 nitrogen and oxygen atoms in total. The minimum absolute atomic E-state index is 0.150. The van der Waals surface area contributed by atoms with E-state index in [1.54, 1.807) is 0 Å². The lowest BCUT2D eigenvalue weighted by Gasteiger charge is -2.38. The zero-order valence-electron chi connectivity index (χ0n) is 15.2. The zero-order valence-corrected chi connectivity index (χ0v) is 15.2. The van der Waals surface area contributed by atoms with Gasteiger partial charge in [0, 0.05) is 25.2 Å². The maximum atomic E-state index is 10.8. The van der Waals surface area contributed by atoms with Gasteiger partial charge in [-0.05, 0) is 37.5 Å². The number of rotatable bonds is 7. The van der Waals surface area contributed by atoms with Gasteiger partial charge < -0.3 is 20.5 Å². The second-order valence-electron chi connectivity index (χ2n) is 6.42. The van der Waals surface area contributed by atoms with Crippen LogP contribution in [0.25, 0.3) is 0 Å². The van der Waals surface area contributed by atoms with Crippen LogP contribution in [0.2, 0.25) is 0 Å². The van der Waals surface area contributed by atoms with Gasteiger partial charge in [0.15, 0.2) is 0 Å². The van der Waals surface area contributed by atoms with Crippen LogP contribution in [0.1, 0.15) is 25.3 Å². The molecule has 3 N–H and O–H groups in total. The predicted octanol–water partition coefficient (Wildman–Crippen LogP) is 2.53. The van der Waals surface area contributed by atoms with E-state index in [0.717, 1.165) is 24.8 Å².